The highest BCUT2D eigenvalue weighted by Crippen LogP contribution is 2.28. The molecular formula is C18H22N2O3S. The molecule has 1 fully saturated rings. The molecule has 2 unspecified atom stereocenters. The Labute approximate surface area is 145 Å². The first kappa shape index (κ1) is 17.1. The second kappa shape index (κ2) is 7.44. The van der Waals surface area contributed by atoms with E-state index in [9.17, 15) is 15.0 Å². The van der Waals surface area contributed by atoms with Crippen LogP contribution in [0.25, 0.3) is 0 Å². The molecule has 1 aromatic carbocycles. The van der Waals surface area contributed by atoms with Gasteiger partial charge in [0.05, 0.1) is 0 Å². The van der Waals surface area contributed by atoms with Crippen molar-refractivity contribution in [3.8, 4) is 0 Å². The van der Waals surface area contributed by atoms with Gasteiger partial charge in [-0.3, -0.25) is 9.69 Å². The Balaban J connectivity index is 1.55. The van der Waals surface area contributed by atoms with Crippen molar-refractivity contribution in [3.63, 3.8) is 0 Å². The molecule has 3 N–H and O–H groups in total. The lowest BCUT2D eigenvalue weighted by molar-refractivity contribution is -0.158. The molecule has 6 heteroatoms. The summed E-state index contributed by atoms with van der Waals surface area (Å²) in [5.74, 6) is -0.498. The predicted octanol–water partition coefficient (Wildman–Crippen LogP) is 1.36. The quantitative estimate of drug-likeness (QED) is 0.739. The van der Waals surface area contributed by atoms with Gasteiger partial charge in [-0.1, -0.05) is 36.4 Å². The van der Waals surface area contributed by atoms with E-state index in [1.54, 1.807) is 16.2 Å². The fourth-order valence-electron chi connectivity index (χ4n) is 2.99. The van der Waals surface area contributed by atoms with Crippen LogP contribution < -0.4 is 5.32 Å². The highest BCUT2D eigenvalue weighted by Gasteiger charge is 2.50. The van der Waals surface area contributed by atoms with Gasteiger partial charge in [-0.25, -0.2) is 0 Å². The maximum absolute atomic E-state index is 12.4. The zero-order valence-electron chi connectivity index (χ0n) is 13.4. The van der Waals surface area contributed by atoms with Crippen molar-refractivity contribution in [1.29, 1.82) is 0 Å². The molecule has 2 atom stereocenters. The number of likely N-dealkylation sites (tertiary alicyclic amines) is 1. The van der Waals surface area contributed by atoms with E-state index in [-0.39, 0.29) is 6.42 Å². The van der Waals surface area contributed by atoms with E-state index in [4.69, 9.17) is 0 Å². The first-order valence-electron chi connectivity index (χ1n) is 8.09. The van der Waals surface area contributed by atoms with Crippen molar-refractivity contribution >= 4 is 17.2 Å². The Morgan fingerprint density at radius 3 is 2.79 bits per heavy atom. The summed E-state index contributed by atoms with van der Waals surface area (Å²) in [4.78, 5) is 15.3. The summed E-state index contributed by atoms with van der Waals surface area (Å²) in [7, 11) is 0. The van der Waals surface area contributed by atoms with Crippen molar-refractivity contribution in [3.05, 3.63) is 58.3 Å². The van der Waals surface area contributed by atoms with Gasteiger partial charge < -0.3 is 15.5 Å². The molecule has 128 valence electrons. The fraction of sp³-hybridized carbons (Fsp3) is 0.389. The summed E-state index contributed by atoms with van der Waals surface area (Å²) in [6, 6.07) is 13.7. The molecule has 0 saturated carbocycles. The van der Waals surface area contributed by atoms with E-state index < -0.39 is 17.7 Å². The van der Waals surface area contributed by atoms with E-state index >= 15 is 0 Å². The number of aliphatic hydroxyl groups is 2. The summed E-state index contributed by atoms with van der Waals surface area (Å²) < 4.78 is 0. The van der Waals surface area contributed by atoms with Crippen LogP contribution in [0.15, 0.2) is 47.8 Å². The van der Waals surface area contributed by atoms with E-state index in [0.29, 0.717) is 19.6 Å². The normalized spacial score (nSPS) is 24.2. The first-order valence-corrected chi connectivity index (χ1v) is 8.96. The van der Waals surface area contributed by atoms with Crippen LogP contribution in [-0.2, 0) is 17.8 Å². The maximum Gasteiger partial charge on any atom is 0.256 e. The molecule has 0 spiro atoms. The second-order valence-corrected chi connectivity index (χ2v) is 7.12. The average Bonchev–Trinajstić information content (AvgIpc) is 3.20. The SMILES string of the molecule is O=C(NCCc1cccs1)C1(O)CCN(Cc2ccccc2)C1O. The third-order valence-electron chi connectivity index (χ3n) is 4.41. The number of carbonyl (C=O) groups is 1. The van der Waals surface area contributed by atoms with E-state index in [1.165, 1.54) is 4.88 Å². The predicted molar refractivity (Wildman–Crippen MR) is 93.5 cm³/mol. The van der Waals surface area contributed by atoms with Crippen LogP contribution in [0.2, 0.25) is 0 Å². The molecule has 1 saturated heterocycles. The molecule has 5 nitrogen and oxygen atoms in total. The number of benzene rings is 1. The minimum absolute atomic E-state index is 0.228. The summed E-state index contributed by atoms with van der Waals surface area (Å²) in [5, 5.41) is 25.8. The molecule has 0 aliphatic carbocycles. The Hall–Kier alpha value is -1.73. The standard InChI is InChI=1S/C18H22N2O3S/c21-16(19-10-8-15-7-4-12-24-15)18(23)9-11-20(17(18)22)13-14-5-2-1-3-6-14/h1-7,12,17,22-23H,8-11,13H2,(H,19,21). The van der Waals surface area contributed by atoms with Gasteiger partial charge in [-0.2, -0.15) is 0 Å². The van der Waals surface area contributed by atoms with Crippen molar-refractivity contribution in [1.82, 2.24) is 10.2 Å². The van der Waals surface area contributed by atoms with Crippen LogP contribution in [0.4, 0.5) is 0 Å². The molecule has 1 aliphatic rings. The highest BCUT2D eigenvalue weighted by atomic mass is 32.1. The molecule has 1 aromatic heterocycles. The number of rotatable bonds is 6. The van der Waals surface area contributed by atoms with Gasteiger partial charge in [-0.05, 0) is 23.4 Å². The van der Waals surface area contributed by atoms with Crippen LogP contribution in [0.3, 0.4) is 0 Å². The number of thiophene rings is 1. The third-order valence-corrected chi connectivity index (χ3v) is 5.35. The van der Waals surface area contributed by atoms with Gasteiger partial charge in [0.1, 0.15) is 6.23 Å². The lowest BCUT2D eigenvalue weighted by Crippen LogP contribution is -2.55. The lowest BCUT2D eigenvalue weighted by Gasteiger charge is -2.29. The van der Waals surface area contributed by atoms with Gasteiger partial charge in [0.2, 0.25) is 0 Å². The van der Waals surface area contributed by atoms with Gasteiger partial charge >= 0.3 is 0 Å². The monoisotopic (exact) mass is 346 g/mol. The van der Waals surface area contributed by atoms with Gasteiger partial charge in [0, 0.05) is 30.9 Å². The Bertz CT molecular complexity index is 662. The minimum atomic E-state index is -1.75. The summed E-state index contributed by atoms with van der Waals surface area (Å²) in [6.07, 6.45) is -0.241. The molecule has 2 aromatic rings. The average molecular weight is 346 g/mol. The third kappa shape index (κ3) is 3.67. The van der Waals surface area contributed by atoms with Crippen LogP contribution in [0.1, 0.15) is 16.9 Å². The van der Waals surface area contributed by atoms with Crippen molar-refractivity contribution in [2.75, 3.05) is 13.1 Å². The first-order chi connectivity index (χ1) is 11.6. The number of nitrogens with zero attached hydrogens (tertiary/aromatic N) is 1. The smallest absolute Gasteiger partial charge is 0.256 e. The Kier molecular flexibility index (Phi) is 5.30. The molecule has 1 aliphatic heterocycles. The zero-order valence-corrected chi connectivity index (χ0v) is 14.2. The van der Waals surface area contributed by atoms with E-state index in [2.05, 4.69) is 5.32 Å². The van der Waals surface area contributed by atoms with Crippen molar-refractivity contribution in [2.45, 2.75) is 31.2 Å². The Morgan fingerprint density at radius 2 is 2.08 bits per heavy atom. The molecule has 3 rings (SSSR count). The van der Waals surface area contributed by atoms with Gasteiger partial charge in [0.15, 0.2) is 5.60 Å². The van der Waals surface area contributed by atoms with Crippen molar-refractivity contribution in [2.24, 2.45) is 0 Å². The number of aliphatic hydroxyl groups excluding tert-OH is 1. The molecule has 0 bridgehead atoms. The number of amides is 1. The number of carbonyl (C=O) groups excluding carboxylic acids is 1. The summed E-state index contributed by atoms with van der Waals surface area (Å²) in [5.41, 5.74) is -0.705. The minimum Gasteiger partial charge on any atom is -0.376 e. The number of hydrogen-bond acceptors (Lipinski definition) is 5. The summed E-state index contributed by atoms with van der Waals surface area (Å²) >= 11 is 1.64. The topological polar surface area (TPSA) is 72.8 Å². The Morgan fingerprint density at radius 1 is 1.29 bits per heavy atom. The highest BCUT2D eigenvalue weighted by molar-refractivity contribution is 7.09. The fourth-order valence-corrected chi connectivity index (χ4v) is 3.70. The summed E-state index contributed by atoms with van der Waals surface area (Å²) in [6.45, 7) is 1.44. The second-order valence-electron chi connectivity index (χ2n) is 6.09. The number of hydrogen-bond donors (Lipinski definition) is 3. The van der Waals surface area contributed by atoms with Crippen LogP contribution in [-0.4, -0.2) is 45.9 Å². The van der Waals surface area contributed by atoms with Crippen molar-refractivity contribution < 1.29 is 15.0 Å². The largest absolute Gasteiger partial charge is 0.376 e. The van der Waals surface area contributed by atoms with E-state index in [0.717, 1.165) is 12.0 Å². The number of nitrogens with one attached hydrogen (secondary N) is 1. The van der Waals surface area contributed by atoms with Crippen LogP contribution in [0, 0.1) is 0 Å². The van der Waals surface area contributed by atoms with Crippen LogP contribution >= 0.6 is 11.3 Å². The van der Waals surface area contributed by atoms with E-state index in [1.807, 2.05) is 47.8 Å². The molecule has 0 radical (unpaired) electrons. The molecule has 2 heterocycles. The molecule has 24 heavy (non-hydrogen) atoms. The van der Waals surface area contributed by atoms with Crippen LogP contribution in [0.5, 0.6) is 0 Å². The van der Waals surface area contributed by atoms with Gasteiger partial charge in [0.25, 0.3) is 5.91 Å². The maximum atomic E-state index is 12.4. The lowest BCUT2D eigenvalue weighted by atomic mass is 10.0. The molecule has 1 amide bonds. The zero-order chi connectivity index (χ0) is 17.0. The van der Waals surface area contributed by atoms with Gasteiger partial charge in [-0.15, -0.1) is 11.3 Å². The molecular weight excluding hydrogens is 324 g/mol.